The lowest BCUT2D eigenvalue weighted by Gasteiger charge is -2.33. The van der Waals surface area contributed by atoms with Crippen LogP contribution in [0.2, 0.25) is 5.02 Å². The number of para-hydroxylation sites is 1. The van der Waals surface area contributed by atoms with E-state index in [-0.39, 0.29) is 37.8 Å². The second kappa shape index (κ2) is 7.49. The number of nitrogens with zero attached hydrogens (tertiary/aromatic N) is 2. The molecule has 0 bridgehead atoms. The molecule has 0 radical (unpaired) electrons. The van der Waals surface area contributed by atoms with Gasteiger partial charge in [0, 0.05) is 37.1 Å². The molecule has 1 aromatic carbocycles. The molecule has 1 fully saturated rings. The van der Waals surface area contributed by atoms with Crippen LogP contribution in [0, 0.1) is 6.92 Å². The number of piperazine rings is 1. The molecule has 8 nitrogen and oxygen atoms in total. The first kappa shape index (κ1) is 19.7. The number of benzene rings is 1. The number of halogens is 1. The first-order valence-electron chi connectivity index (χ1n) is 8.26. The third-order valence-corrected chi connectivity index (χ3v) is 6.09. The molecular weight excluding hydrogens is 396 g/mol. The number of esters is 1. The van der Waals surface area contributed by atoms with E-state index in [9.17, 15) is 18.0 Å². The summed E-state index contributed by atoms with van der Waals surface area (Å²) in [6, 6.07) is 5.19. The van der Waals surface area contributed by atoms with Gasteiger partial charge in [-0.1, -0.05) is 23.7 Å². The van der Waals surface area contributed by atoms with Crippen LogP contribution < -0.4 is 0 Å². The van der Waals surface area contributed by atoms with Crippen LogP contribution in [-0.4, -0.2) is 68.5 Å². The van der Waals surface area contributed by atoms with E-state index in [2.05, 4.69) is 0 Å². The highest BCUT2D eigenvalue weighted by molar-refractivity contribution is 7.88. The minimum atomic E-state index is -3.27. The molecule has 10 heteroatoms. The predicted octanol–water partition coefficient (Wildman–Crippen LogP) is 1.66. The molecule has 1 aromatic heterocycles. The zero-order valence-electron chi connectivity index (χ0n) is 14.9. The SMILES string of the molecule is Cc1c(C(=O)OCC(=O)N2CCN(S(C)(=O)=O)CC2)oc2c(Cl)cccc12. The summed E-state index contributed by atoms with van der Waals surface area (Å²) in [7, 11) is -3.27. The number of fused-ring (bicyclic) bond motifs is 1. The number of aryl methyl sites for hydroxylation is 1. The number of carbonyl (C=O) groups excluding carboxylic acids is 2. The maximum Gasteiger partial charge on any atom is 0.375 e. The molecule has 1 aliphatic rings. The molecule has 0 unspecified atom stereocenters. The molecule has 0 spiro atoms. The normalized spacial score (nSPS) is 15.9. The Morgan fingerprint density at radius 2 is 1.89 bits per heavy atom. The van der Waals surface area contributed by atoms with E-state index >= 15 is 0 Å². The highest BCUT2D eigenvalue weighted by Crippen LogP contribution is 2.30. The van der Waals surface area contributed by atoms with E-state index in [1.807, 2.05) is 0 Å². The Kier molecular flexibility index (Phi) is 5.45. The average Bonchev–Trinajstić information content (AvgIpc) is 2.97. The molecule has 2 aromatic rings. The zero-order valence-corrected chi connectivity index (χ0v) is 16.5. The number of furan rings is 1. The van der Waals surface area contributed by atoms with Crippen molar-refractivity contribution in [3.63, 3.8) is 0 Å². The first-order valence-corrected chi connectivity index (χ1v) is 10.5. The molecule has 1 aliphatic heterocycles. The lowest BCUT2D eigenvalue weighted by Crippen LogP contribution is -2.51. The van der Waals surface area contributed by atoms with Gasteiger partial charge in [0.25, 0.3) is 5.91 Å². The highest BCUT2D eigenvalue weighted by Gasteiger charge is 2.27. The average molecular weight is 415 g/mol. The summed E-state index contributed by atoms with van der Waals surface area (Å²) in [5, 5.41) is 1.09. The van der Waals surface area contributed by atoms with Gasteiger partial charge in [-0.3, -0.25) is 4.79 Å². The minimum absolute atomic E-state index is 0.00722. The smallest absolute Gasteiger partial charge is 0.375 e. The molecule has 2 heterocycles. The van der Waals surface area contributed by atoms with Crippen molar-refractivity contribution >= 4 is 44.5 Å². The van der Waals surface area contributed by atoms with E-state index in [4.69, 9.17) is 20.8 Å². The van der Waals surface area contributed by atoms with Crippen molar-refractivity contribution in [1.29, 1.82) is 0 Å². The van der Waals surface area contributed by atoms with Crippen molar-refractivity contribution in [2.45, 2.75) is 6.92 Å². The van der Waals surface area contributed by atoms with Crippen molar-refractivity contribution in [3.05, 3.63) is 34.5 Å². The molecule has 0 atom stereocenters. The van der Waals surface area contributed by atoms with E-state index in [1.165, 1.54) is 9.21 Å². The molecule has 1 amide bonds. The van der Waals surface area contributed by atoms with Crippen molar-refractivity contribution in [3.8, 4) is 0 Å². The number of sulfonamides is 1. The van der Waals surface area contributed by atoms with Gasteiger partial charge in [-0.25, -0.2) is 13.2 Å². The Morgan fingerprint density at radius 1 is 1.22 bits per heavy atom. The van der Waals surface area contributed by atoms with Gasteiger partial charge in [0.1, 0.15) is 0 Å². The number of hydrogen-bond donors (Lipinski definition) is 0. The Morgan fingerprint density at radius 3 is 2.48 bits per heavy atom. The summed E-state index contributed by atoms with van der Waals surface area (Å²) >= 11 is 6.07. The maximum atomic E-state index is 12.3. The topological polar surface area (TPSA) is 97.1 Å². The minimum Gasteiger partial charge on any atom is -0.450 e. The van der Waals surface area contributed by atoms with Crippen molar-refractivity contribution < 1.29 is 27.2 Å². The second-order valence-electron chi connectivity index (χ2n) is 6.29. The Hall–Kier alpha value is -2.10. The van der Waals surface area contributed by atoms with E-state index in [0.717, 1.165) is 6.26 Å². The lowest BCUT2D eigenvalue weighted by atomic mass is 10.1. The van der Waals surface area contributed by atoms with E-state index in [0.29, 0.717) is 21.6 Å². The van der Waals surface area contributed by atoms with Crippen molar-refractivity contribution in [1.82, 2.24) is 9.21 Å². The molecule has 0 N–H and O–H groups in total. The third-order valence-electron chi connectivity index (χ3n) is 4.49. The van der Waals surface area contributed by atoms with Crippen LogP contribution in [0.1, 0.15) is 16.1 Å². The van der Waals surface area contributed by atoms with Crippen molar-refractivity contribution in [2.24, 2.45) is 0 Å². The van der Waals surface area contributed by atoms with E-state index in [1.54, 1.807) is 25.1 Å². The summed E-state index contributed by atoms with van der Waals surface area (Å²) in [5.41, 5.74) is 0.985. The van der Waals surface area contributed by atoms with Crippen molar-refractivity contribution in [2.75, 3.05) is 39.0 Å². The number of hydrogen-bond acceptors (Lipinski definition) is 6. The van der Waals surface area contributed by atoms with Gasteiger partial charge in [0.15, 0.2) is 12.2 Å². The van der Waals surface area contributed by atoms with Gasteiger partial charge < -0.3 is 14.1 Å². The van der Waals surface area contributed by atoms with Crippen LogP contribution in [0.4, 0.5) is 0 Å². The molecule has 27 heavy (non-hydrogen) atoms. The highest BCUT2D eigenvalue weighted by atomic mass is 35.5. The fraction of sp³-hybridized carbons (Fsp3) is 0.412. The molecule has 0 aliphatic carbocycles. The summed E-state index contributed by atoms with van der Waals surface area (Å²) in [5.74, 6) is -1.13. The van der Waals surface area contributed by atoms with Gasteiger partial charge >= 0.3 is 5.97 Å². The number of carbonyl (C=O) groups is 2. The zero-order chi connectivity index (χ0) is 19.8. The Balaban J connectivity index is 1.61. The van der Waals surface area contributed by atoms with Gasteiger partial charge in [0.2, 0.25) is 15.8 Å². The first-order chi connectivity index (χ1) is 12.7. The van der Waals surface area contributed by atoms with Crippen LogP contribution in [0.5, 0.6) is 0 Å². The maximum absolute atomic E-state index is 12.3. The molecular formula is C17H19ClN2O6S. The van der Waals surface area contributed by atoms with E-state index < -0.39 is 22.6 Å². The summed E-state index contributed by atoms with van der Waals surface area (Å²) in [4.78, 5) is 26.0. The van der Waals surface area contributed by atoms with Crippen LogP contribution in [0.3, 0.4) is 0 Å². The number of amides is 1. The third kappa shape index (κ3) is 4.10. The number of rotatable bonds is 4. The largest absolute Gasteiger partial charge is 0.450 e. The monoisotopic (exact) mass is 414 g/mol. The quantitative estimate of drug-likeness (QED) is 0.706. The second-order valence-corrected chi connectivity index (χ2v) is 8.68. The van der Waals surface area contributed by atoms with Gasteiger partial charge in [-0.15, -0.1) is 0 Å². The Labute approximate surface area is 161 Å². The van der Waals surface area contributed by atoms with Crippen LogP contribution in [0.25, 0.3) is 11.0 Å². The lowest BCUT2D eigenvalue weighted by molar-refractivity contribution is -0.135. The molecule has 3 rings (SSSR count). The van der Waals surface area contributed by atoms with Gasteiger partial charge in [0.05, 0.1) is 11.3 Å². The van der Waals surface area contributed by atoms with Crippen LogP contribution in [0.15, 0.2) is 22.6 Å². The Bertz CT molecular complexity index is 992. The summed E-state index contributed by atoms with van der Waals surface area (Å²) in [6.07, 6.45) is 1.13. The number of ether oxygens (including phenoxy) is 1. The fourth-order valence-corrected chi connectivity index (χ4v) is 4.00. The van der Waals surface area contributed by atoms with Gasteiger partial charge in [-0.05, 0) is 13.0 Å². The molecule has 0 saturated carbocycles. The summed E-state index contributed by atoms with van der Waals surface area (Å²) in [6.45, 7) is 2.22. The summed E-state index contributed by atoms with van der Waals surface area (Å²) < 4.78 is 34.9. The molecule has 146 valence electrons. The van der Waals surface area contributed by atoms with Crippen LogP contribution in [-0.2, 0) is 19.6 Å². The molecule has 1 saturated heterocycles. The van der Waals surface area contributed by atoms with Gasteiger partial charge in [-0.2, -0.15) is 4.31 Å². The fourth-order valence-electron chi connectivity index (χ4n) is 2.96. The van der Waals surface area contributed by atoms with Crippen LogP contribution >= 0.6 is 11.6 Å². The predicted molar refractivity (Wildman–Crippen MR) is 99.2 cm³/mol. The standard InChI is InChI=1S/C17H19ClN2O6S/c1-11-12-4-3-5-13(18)16(12)26-15(11)17(22)25-10-14(21)19-6-8-20(9-7-19)27(2,23)24/h3-5H,6-10H2,1-2H3.